The Hall–Kier alpha value is -0.740. The van der Waals surface area contributed by atoms with E-state index in [2.05, 4.69) is 23.8 Å². The van der Waals surface area contributed by atoms with Crippen LogP contribution in [-0.2, 0) is 0 Å². The van der Waals surface area contributed by atoms with Gasteiger partial charge in [-0.25, -0.2) is 4.68 Å². The predicted molar refractivity (Wildman–Crippen MR) is 66.6 cm³/mol. The number of likely N-dealkylation sites (tertiary alicyclic amines) is 1. The standard InChI is InChI=1S/C11H19ClN4/c1-8(2)15-5-3-9(4-6-15)16-11(13)10(12)7-14-16/h7-9H,3-6,13H2,1-2H3. The summed E-state index contributed by atoms with van der Waals surface area (Å²) >= 11 is 5.91. The fourth-order valence-corrected chi connectivity index (χ4v) is 2.42. The van der Waals surface area contributed by atoms with Crippen LogP contribution in [0.4, 0.5) is 5.82 Å². The Morgan fingerprint density at radius 3 is 2.50 bits per heavy atom. The summed E-state index contributed by atoms with van der Waals surface area (Å²) in [4.78, 5) is 2.48. The fraction of sp³-hybridized carbons (Fsp3) is 0.727. The van der Waals surface area contributed by atoms with Crippen LogP contribution in [0.2, 0.25) is 5.02 Å². The summed E-state index contributed by atoms with van der Waals surface area (Å²) in [5, 5.41) is 4.81. The first-order valence-electron chi connectivity index (χ1n) is 5.82. The third-order valence-corrected chi connectivity index (χ3v) is 3.65. The average molecular weight is 243 g/mol. The van der Waals surface area contributed by atoms with E-state index >= 15 is 0 Å². The highest BCUT2D eigenvalue weighted by Crippen LogP contribution is 2.28. The molecular weight excluding hydrogens is 224 g/mol. The summed E-state index contributed by atoms with van der Waals surface area (Å²) in [6.45, 7) is 6.69. The van der Waals surface area contributed by atoms with Gasteiger partial charge in [0.25, 0.3) is 0 Å². The van der Waals surface area contributed by atoms with Crippen molar-refractivity contribution in [2.75, 3.05) is 18.8 Å². The van der Waals surface area contributed by atoms with Crippen molar-refractivity contribution in [2.45, 2.75) is 38.8 Å². The van der Waals surface area contributed by atoms with Gasteiger partial charge in [-0.2, -0.15) is 5.10 Å². The number of hydrogen-bond donors (Lipinski definition) is 1. The average Bonchev–Trinajstić information content (AvgIpc) is 2.60. The van der Waals surface area contributed by atoms with Crippen LogP contribution in [0.1, 0.15) is 32.7 Å². The van der Waals surface area contributed by atoms with Crippen molar-refractivity contribution in [1.82, 2.24) is 14.7 Å². The van der Waals surface area contributed by atoms with Crippen LogP contribution in [0.5, 0.6) is 0 Å². The van der Waals surface area contributed by atoms with Gasteiger partial charge in [-0.1, -0.05) is 11.6 Å². The smallest absolute Gasteiger partial charge is 0.140 e. The SMILES string of the molecule is CC(C)N1CCC(n2ncc(Cl)c2N)CC1. The first kappa shape index (κ1) is 11.7. The van der Waals surface area contributed by atoms with Crippen LogP contribution >= 0.6 is 11.6 Å². The predicted octanol–water partition coefficient (Wildman–Crippen LogP) is 2.16. The first-order chi connectivity index (χ1) is 7.59. The molecule has 1 saturated heterocycles. The highest BCUT2D eigenvalue weighted by atomic mass is 35.5. The molecule has 1 aromatic rings. The van der Waals surface area contributed by atoms with Gasteiger partial charge in [-0.05, 0) is 26.7 Å². The lowest BCUT2D eigenvalue weighted by molar-refractivity contribution is 0.148. The lowest BCUT2D eigenvalue weighted by atomic mass is 10.0. The Bertz CT molecular complexity index is 353. The van der Waals surface area contributed by atoms with Crippen molar-refractivity contribution < 1.29 is 0 Å². The number of piperidine rings is 1. The Balaban J connectivity index is 2.02. The van der Waals surface area contributed by atoms with Crippen LogP contribution in [0, 0.1) is 0 Å². The van der Waals surface area contributed by atoms with Gasteiger partial charge < -0.3 is 10.6 Å². The molecule has 4 nitrogen and oxygen atoms in total. The third-order valence-electron chi connectivity index (χ3n) is 3.36. The van der Waals surface area contributed by atoms with Gasteiger partial charge in [0.15, 0.2) is 0 Å². The second kappa shape index (κ2) is 4.63. The van der Waals surface area contributed by atoms with Gasteiger partial charge in [0.2, 0.25) is 0 Å². The summed E-state index contributed by atoms with van der Waals surface area (Å²) in [7, 11) is 0. The van der Waals surface area contributed by atoms with E-state index in [4.69, 9.17) is 17.3 Å². The number of anilines is 1. The zero-order valence-corrected chi connectivity index (χ0v) is 10.6. The van der Waals surface area contributed by atoms with Crippen molar-refractivity contribution in [3.05, 3.63) is 11.2 Å². The largest absolute Gasteiger partial charge is 0.383 e. The normalized spacial score (nSPS) is 19.5. The summed E-state index contributed by atoms with van der Waals surface area (Å²) in [6.07, 6.45) is 3.83. The van der Waals surface area contributed by atoms with Gasteiger partial charge in [-0.3, -0.25) is 0 Å². The van der Waals surface area contributed by atoms with Crippen molar-refractivity contribution >= 4 is 17.4 Å². The maximum Gasteiger partial charge on any atom is 0.140 e. The Morgan fingerprint density at radius 1 is 1.44 bits per heavy atom. The summed E-state index contributed by atoms with van der Waals surface area (Å²) in [5.41, 5.74) is 5.88. The molecule has 0 radical (unpaired) electrons. The van der Waals surface area contributed by atoms with Crippen molar-refractivity contribution in [2.24, 2.45) is 0 Å². The molecule has 0 saturated carbocycles. The van der Waals surface area contributed by atoms with E-state index in [1.165, 1.54) is 0 Å². The van der Waals surface area contributed by atoms with E-state index in [-0.39, 0.29) is 0 Å². The minimum absolute atomic E-state index is 0.405. The molecule has 0 atom stereocenters. The molecule has 0 unspecified atom stereocenters. The molecule has 0 aliphatic carbocycles. The molecule has 1 aliphatic heterocycles. The molecule has 16 heavy (non-hydrogen) atoms. The van der Waals surface area contributed by atoms with Crippen LogP contribution < -0.4 is 5.73 Å². The van der Waals surface area contributed by atoms with Gasteiger partial charge in [0.05, 0.1) is 12.2 Å². The number of nitrogens with two attached hydrogens (primary N) is 1. The van der Waals surface area contributed by atoms with Gasteiger partial charge in [0, 0.05) is 19.1 Å². The topological polar surface area (TPSA) is 47.1 Å². The maximum absolute atomic E-state index is 5.91. The van der Waals surface area contributed by atoms with E-state index in [0.717, 1.165) is 25.9 Å². The Morgan fingerprint density at radius 2 is 2.06 bits per heavy atom. The van der Waals surface area contributed by atoms with E-state index in [1.807, 2.05) is 4.68 Å². The fourth-order valence-electron chi connectivity index (χ4n) is 2.29. The highest BCUT2D eigenvalue weighted by molar-refractivity contribution is 6.32. The second-order valence-electron chi connectivity index (χ2n) is 4.68. The summed E-state index contributed by atoms with van der Waals surface area (Å²) < 4.78 is 1.88. The molecule has 1 aromatic heterocycles. The molecule has 0 bridgehead atoms. The van der Waals surface area contributed by atoms with Gasteiger partial charge >= 0.3 is 0 Å². The van der Waals surface area contributed by atoms with Crippen LogP contribution in [0.25, 0.3) is 0 Å². The van der Waals surface area contributed by atoms with E-state index < -0.39 is 0 Å². The molecule has 90 valence electrons. The zero-order valence-electron chi connectivity index (χ0n) is 9.86. The third kappa shape index (κ3) is 2.18. The number of nitrogen functional groups attached to an aromatic ring is 1. The summed E-state index contributed by atoms with van der Waals surface area (Å²) in [6, 6.07) is 1.03. The number of aromatic nitrogens is 2. The number of nitrogens with zero attached hydrogens (tertiary/aromatic N) is 3. The number of rotatable bonds is 2. The molecule has 0 aromatic carbocycles. The Kier molecular flexibility index (Phi) is 3.40. The molecule has 1 fully saturated rings. The van der Waals surface area contributed by atoms with Crippen LogP contribution in [-0.4, -0.2) is 33.8 Å². The van der Waals surface area contributed by atoms with Crippen LogP contribution in [0.15, 0.2) is 6.20 Å². The van der Waals surface area contributed by atoms with Crippen molar-refractivity contribution in [1.29, 1.82) is 0 Å². The molecule has 5 heteroatoms. The molecule has 2 N–H and O–H groups in total. The van der Waals surface area contributed by atoms with Crippen molar-refractivity contribution in [3.63, 3.8) is 0 Å². The van der Waals surface area contributed by atoms with E-state index in [1.54, 1.807) is 6.20 Å². The molecular formula is C11H19ClN4. The number of hydrogen-bond acceptors (Lipinski definition) is 3. The van der Waals surface area contributed by atoms with E-state index in [0.29, 0.717) is 22.9 Å². The van der Waals surface area contributed by atoms with Gasteiger partial charge in [-0.15, -0.1) is 0 Å². The van der Waals surface area contributed by atoms with E-state index in [9.17, 15) is 0 Å². The molecule has 1 aliphatic rings. The number of halogens is 1. The van der Waals surface area contributed by atoms with Gasteiger partial charge in [0.1, 0.15) is 10.8 Å². The van der Waals surface area contributed by atoms with Crippen molar-refractivity contribution in [3.8, 4) is 0 Å². The zero-order chi connectivity index (χ0) is 11.7. The molecule has 2 heterocycles. The monoisotopic (exact) mass is 242 g/mol. The minimum atomic E-state index is 0.405. The lowest BCUT2D eigenvalue weighted by Crippen LogP contribution is -2.39. The quantitative estimate of drug-likeness (QED) is 0.865. The lowest BCUT2D eigenvalue weighted by Gasteiger charge is -2.34. The first-order valence-corrected chi connectivity index (χ1v) is 6.20. The minimum Gasteiger partial charge on any atom is -0.383 e. The molecule has 0 spiro atoms. The molecule has 2 rings (SSSR count). The highest BCUT2D eigenvalue weighted by Gasteiger charge is 2.24. The maximum atomic E-state index is 5.91. The second-order valence-corrected chi connectivity index (χ2v) is 5.09. The Labute approximate surface area is 101 Å². The summed E-state index contributed by atoms with van der Waals surface area (Å²) in [5.74, 6) is 0.602. The molecule has 0 amide bonds. The van der Waals surface area contributed by atoms with Crippen LogP contribution in [0.3, 0.4) is 0 Å².